The average Bonchev–Trinajstić information content (AvgIpc) is 2.60. The number of phosphoric acid groups is 1. The van der Waals surface area contributed by atoms with Crippen LogP contribution in [-0.2, 0) is 13.9 Å². The minimum atomic E-state index is -5.13. The Kier molecular flexibility index (Phi) is 17.9. The number of unbranched alkanes of at least 4 members (excludes halogenated alkanes) is 4. The zero-order valence-corrected chi connectivity index (χ0v) is 22.6. The van der Waals surface area contributed by atoms with Crippen molar-refractivity contribution in [2.24, 2.45) is 0 Å². The van der Waals surface area contributed by atoms with E-state index in [2.05, 4.69) is 11.4 Å². The van der Waals surface area contributed by atoms with Crippen molar-refractivity contribution < 1.29 is 87.5 Å². The Morgan fingerprint density at radius 1 is 1.18 bits per heavy atom. The van der Waals surface area contributed by atoms with E-state index in [1.54, 1.807) is 31.3 Å². The molecule has 28 heavy (non-hydrogen) atoms. The Labute approximate surface area is 212 Å². The summed E-state index contributed by atoms with van der Waals surface area (Å²) in [5.74, 6) is 0.449. The third-order valence-electron chi connectivity index (χ3n) is 4.22. The number of hydrogen-bond donors (Lipinski definition) is 0. The molecular formula is C18H28NNa2O6P. The van der Waals surface area contributed by atoms with Crippen molar-refractivity contribution in [1.29, 1.82) is 0 Å². The Morgan fingerprint density at radius 3 is 2.39 bits per heavy atom. The summed E-state index contributed by atoms with van der Waals surface area (Å²) in [6.07, 6.45) is 5.49. The van der Waals surface area contributed by atoms with Crippen LogP contribution in [0.15, 0.2) is 24.3 Å². The molecule has 148 valence electrons. The molecule has 1 aromatic carbocycles. The van der Waals surface area contributed by atoms with Gasteiger partial charge in [0.2, 0.25) is 5.91 Å². The van der Waals surface area contributed by atoms with Gasteiger partial charge in [-0.1, -0.05) is 44.7 Å². The summed E-state index contributed by atoms with van der Waals surface area (Å²) >= 11 is 0. The van der Waals surface area contributed by atoms with E-state index in [0.29, 0.717) is 17.7 Å². The summed E-state index contributed by atoms with van der Waals surface area (Å²) in [5, 5.41) is 0. The number of carbonyl (C=O) groups excluding carboxylic acids is 1. The Balaban J connectivity index is 0. The van der Waals surface area contributed by atoms with Gasteiger partial charge in [0.1, 0.15) is 5.75 Å². The van der Waals surface area contributed by atoms with Crippen LogP contribution in [0.5, 0.6) is 5.75 Å². The number of hydrogen-bond acceptors (Lipinski definition) is 6. The number of rotatable bonds is 12. The van der Waals surface area contributed by atoms with Crippen LogP contribution in [0.3, 0.4) is 0 Å². The van der Waals surface area contributed by atoms with E-state index in [1.165, 1.54) is 12.0 Å². The summed E-state index contributed by atoms with van der Waals surface area (Å²) in [7, 11) is -2.03. The largest absolute Gasteiger partial charge is 1.00 e. The maximum atomic E-state index is 12.5. The first-order valence-corrected chi connectivity index (χ1v) is 10.3. The third-order valence-corrected chi connectivity index (χ3v) is 4.69. The van der Waals surface area contributed by atoms with Crippen LogP contribution in [0.2, 0.25) is 0 Å². The quantitative estimate of drug-likeness (QED) is 0.193. The first kappa shape index (κ1) is 30.8. The van der Waals surface area contributed by atoms with Gasteiger partial charge in [0.05, 0.1) is 27.6 Å². The van der Waals surface area contributed by atoms with Crippen LogP contribution >= 0.6 is 7.82 Å². The Hall–Kier alpha value is 0.600. The number of nitrogens with zero attached hydrogens (tertiary/aromatic N) is 1. The maximum Gasteiger partial charge on any atom is 1.00 e. The number of carbonyl (C=O) groups is 1. The molecule has 0 heterocycles. The molecule has 1 aromatic rings. The van der Waals surface area contributed by atoms with Crippen molar-refractivity contribution in [3.8, 4) is 5.75 Å². The van der Waals surface area contributed by atoms with Gasteiger partial charge in [-0.3, -0.25) is 4.79 Å². The summed E-state index contributed by atoms with van der Waals surface area (Å²) in [5.41, 5.74) is 0.639. The summed E-state index contributed by atoms with van der Waals surface area (Å²) in [6, 6.07) is 6.22. The molecule has 0 bridgehead atoms. The molecule has 0 aliphatic rings. The van der Waals surface area contributed by atoms with Crippen molar-refractivity contribution in [2.75, 3.05) is 20.8 Å². The van der Waals surface area contributed by atoms with Gasteiger partial charge in [-0.05, 0) is 24.1 Å². The first-order valence-electron chi connectivity index (χ1n) is 8.84. The van der Waals surface area contributed by atoms with E-state index in [-0.39, 0.29) is 65.0 Å². The van der Waals surface area contributed by atoms with E-state index in [1.807, 2.05) is 0 Å². The monoisotopic (exact) mass is 431 g/mol. The van der Waals surface area contributed by atoms with Crippen LogP contribution in [0.25, 0.3) is 0 Å². The van der Waals surface area contributed by atoms with E-state index in [4.69, 9.17) is 4.74 Å². The van der Waals surface area contributed by atoms with E-state index in [0.717, 1.165) is 32.1 Å². The molecule has 0 saturated heterocycles. The molecule has 0 fully saturated rings. The molecule has 0 radical (unpaired) electrons. The number of methoxy groups -OCH3 is 1. The number of ether oxygens (including phenoxy) is 1. The minimum Gasteiger partial charge on any atom is -0.790 e. The minimum absolute atomic E-state index is 0. The van der Waals surface area contributed by atoms with E-state index < -0.39 is 20.5 Å². The molecule has 10 heteroatoms. The number of likely N-dealkylation sites (N-methyl/N-ethyl adjacent to an activating group) is 1. The zero-order valence-electron chi connectivity index (χ0n) is 17.7. The van der Waals surface area contributed by atoms with Crippen LogP contribution in [0.1, 0.15) is 57.1 Å². The molecule has 0 saturated carbocycles. The molecule has 7 nitrogen and oxygen atoms in total. The Bertz CT molecular complexity index is 613. The molecule has 1 atom stereocenters. The second-order valence-electron chi connectivity index (χ2n) is 6.20. The summed E-state index contributed by atoms with van der Waals surface area (Å²) in [6.45, 7) is 1.71. The number of amides is 1. The van der Waals surface area contributed by atoms with Crippen molar-refractivity contribution in [3.05, 3.63) is 29.8 Å². The van der Waals surface area contributed by atoms with Gasteiger partial charge in [0.15, 0.2) is 0 Å². The van der Waals surface area contributed by atoms with Gasteiger partial charge in [-0.25, -0.2) is 0 Å². The fraction of sp³-hybridized carbons (Fsp3) is 0.611. The van der Waals surface area contributed by atoms with Crippen molar-refractivity contribution in [1.82, 2.24) is 4.90 Å². The van der Waals surface area contributed by atoms with Gasteiger partial charge < -0.3 is 28.5 Å². The summed E-state index contributed by atoms with van der Waals surface area (Å²) in [4.78, 5) is 35.7. The van der Waals surface area contributed by atoms with Gasteiger partial charge in [0.25, 0.3) is 0 Å². The predicted molar refractivity (Wildman–Crippen MR) is 95.4 cm³/mol. The van der Waals surface area contributed by atoms with Gasteiger partial charge in [-0.15, -0.1) is 0 Å². The molecule has 1 rings (SSSR count). The molecule has 0 spiro atoms. The van der Waals surface area contributed by atoms with Gasteiger partial charge in [-0.2, -0.15) is 0 Å². The topological polar surface area (TPSA) is 102 Å². The third kappa shape index (κ3) is 12.3. The van der Waals surface area contributed by atoms with Crippen molar-refractivity contribution >= 4 is 13.7 Å². The molecule has 0 aliphatic carbocycles. The fourth-order valence-electron chi connectivity index (χ4n) is 2.67. The SMILES string of the molecule is CCCCCCCC(=O)N(C)[C@@H](COP(=O)([O-])[O-])c1cccc(OC)c1.[Na+].[Na+]. The smallest absolute Gasteiger partial charge is 0.790 e. The second-order valence-corrected chi connectivity index (χ2v) is 7.36. The Morgan fingerprint density at radius 2 is 1.82 bits per heavy atom. The van der Waals surface area contributed by atoms with Crippen LogP contribution in [0, 0.1) is 0 Å². The normalized spacial score (nSPS) is 11.8. The molecule has 0 unspecified atom stereocenters. The second kappa shape index (κ2) is 16.3. The van der Waals surface area contributed by atoms with Crippen molar-refractivity contribution in [3.63, 3.8) is 0 Å². The standard InChI is InChI=1S/C18H30NO6P.2Na/c1-4-5-6-7-8-12-18(20)19(2)17(14-25-26(21,22)23)15-10-9-11-16(13-15)24-3;;/h9-11,13,17H,4-8,12,14H2,1-3H3,(H2,21,22,23);;/q;2*+1/p-2/t17-;;/m0../s1. The average molecular weight is 431 g/mol. The number of phosphoric ester groups is 1. The number of benzene rings is 1. The maximum absolute atomic E-state index is 12.5. The van der Waals surface area contributed by atoms with E-state index in [9.17, 15) is 19.1 Å². The van der Waals surface area contributed by atoms with Crippen molar-refractivity contribution in [2.45, 2.75) is 51.5 Å². The first-order chi connectivity index (χ1) is 12.3. The molecule has 0 aromatic heterocycles. The van der Waals surface area contributed by atoms with Crippen LogP contribution in [0.4, 0.5) is 0 Å². The van der Waals surface area contributed by atoms with Gasteiger partial charge in [0, 0.05) is 13.5 Å². The fourth-order valence-corrected chi connectivity index (χ4v) is 3.00. The molecule has 0 aliphatic heterocycles. The molecule has 1 amide bonds. The summed E-state index contributed by atoms with van der Waals surface area (Å²) < 4.78 is 20.5. The van der Waals surface area contributed by atoms with E-state index >= 15 is 0 Å². The van der Waals surface area contributed by atoms with Crippen LogP contribution in [-0.4, -0.2) is 31.6 Å². The predicted octanol–water partition coefficient (Wildman–Crippen LogP) is -3.59. The van der Waals surface area contributed by atoms with Gasteiger partial charge >= 0.3 is 59.1 Å². The molecule has 0 N–H and O–H groups in total. The van der Waals surface area contributed by atoms with Crippen LogP contribution < -0.4 is 73.6 Å². The molecular weight excluding hydrogens is 403 g/mol. The zero-order chi connectivity index (χ0) is 19.6.